The van der Waals surface area contributed by atoms with Crippen molar-refractivity contribution < 1.29 is 9.18 Å². The fraction of sp³-hybridized carbons (Fsp3) is 0.278. The van der Waals surface area contributed by atoms with Crippen LogP contribution in [0.1, 0.15) is 17.2 Å². The van der Waals surface area contributed by atoms with Crippen molar-refractivity contribution in [3.05, 3.63) is 66.0 Å². The lowest BCUT2D eigenvalue weighted by Gasteiger charge is -2.23. The average Bonchev–Trinajstić information content (AvgIpc) is 3.01. The van der Waals surface area contributed by atoms with Crippen molar-refractivity contribution >= 4 is 30.1 Å². The Hall–Kier alpha value is -1.56. The predicted octanol–water partition coefficient (Wildman–Crippen LogP) is 3.64. The third-order valence-electron chi connectivity index (χ3n) is 3.94. The fourth-order valence-electron chi connectivity index (χ4n) is 2.71. The minimum absolute atomic E-state index is 0. The molecule has 6 heteroatoms. The van der Waals surface area contributed by atoms with Crippen LogP contribution in [0.15, 0.2) is 59.5 Å². The molecule has 1 fully saturated rings. The lowest BCUT2D eigenvalue weighted by atomic mass is 10.1. The van der Waals surface area contributed by atoms with Crippen LogP contribution >= 0.6 is 24.2 Å². The first kappa shape index (κ1) is 18.8. The van der Waals surface area contributed by atoms with E-state index in [0.29, 0.717) is 18.0 Å². The molecule has 0 spiro atoms. The standard InChI is InChI=1S/C18H19FN2OS.ClH/c19-15-8-4-5-9-16(15)23-17(13-6-2-1-3-7-13)18(22)21-11-10-14(20)12-21;/h1-9,14,17H,10-12,20H2;1H/t14-,17?;/m1./s1. The van der Waals surface area contributed by atoms with E-state index in [4.69, 9.17) is 5.73 Å². The second kappa shape index (κ2) is 8.51. The summed E-state index contributed by atoms with van der Waals surface area (Å²) < 4.78 is 14.0. The molecule has 2 aromatic rings. The minimum atomic E-state index is -0.460. The zero-order valence-electron chi connectivity index (χ0n) is 13.1. The van der Waals surface area contributed by atoms with E-state index in [0.717, 1.165) is 12.0 Å². The number of thioether (sulfide) groups is 1. The van der Waals surface area contributed by atoms with Gasteiger partial charge in [-0.3, -0.25) is 4.79 Å². The molecule has 1 unspecified atom stereocenters. The molecule has 1 aliphatic rings. The Morgan fingerprint density at radius 1 is 1.17 bits per heavy atom. The maximum Gasteiger partial charge on any atom is 0.240 e. The SMILES string of the molecule is Cl.N[C@@H]1CCN(C(=O)C(Sc2ccccc2F)c2ccccc2)C1. The van der Waals surface area contributed by atoms with E-state index >= 15 is 0 Å². The summed E-state index contributed by atoms with van der Waals surface area (Å²) in [5.41, 5.74) is 6.80. The molecule has 24 heavy (non-hydrogen) atoms. The zero-order chi connectivity index (χ0) is 16.2. The molecule has 128 valence electrons. The summed E-state index contributed by atoms with van der Waals surface area (Å²) in [7, 11) is 0. The number of hydrogen-bond donors (Lipinski definition) is 1. The lowest BCUT2D eigenvalue weighted by Crippen LogP contribution is -2.34. The monoisotopic (exact) mass is 366 g/mol. The highest BCUT2D eigenvalue weighted by Crippen LogP contribution is 2.38. The van der Waals surface area contributed by atoms with Crippen LogP contribution in [-0.2, 0) is 4.79 Å². The number of rotatable bonds is 4. The molecule has 0 aliphatic carbocycles. The van der Waals surface area contributed by atoms with Gasteiger partial charge < -0.3 is 10.6 Å². The fourth-order valence-corrected chi connectivity index (χ4v) is 3.84. The van der Waals surface area contributed by atoms with Gasteiger partial charge in [-0.05, 0) is 24.1 Å². The van der Waals surface area contributed by atoms with Crippen LogP contribution in [0.3, 0.4) is 0 Å². The zero-order valence-corrected chi connectivity index (χ0v) is 14.7. The van der Waals surface area contributed by atoms with Gasteiger partial charge in [0.2, 0.25) is 5.91 Å². The first-order valence-corrected chi connectivity index (χ1v) is 8.53. The molecule has 0 radical (unpaired) electrons. The van der Waals surface area contributed by atoms with Gasteiger partial charge in [0.05, 0.1) is 0 Å². The molecule has 3 rings (SSSR count). The van der Waals surface area contributed by atoms with Gasteiger partial charge in [0.15, 0.2) is 0 Å². The Morgan fingerprint density at radius 2 is 1.83 bits per heavy atom. The highest BCUT2D eigenvalue weighted by atomic mass is 35.5. The number of hydrogen-bond acceptors (Lipinski definition) is 3. The topological polar surface area (TPSA) is 46.3 Å². The summed E-state index contributed by atoms with van der Waals surface area (Å²) in [5.74, 6) is -0.304. The molecular weight excluding hydrogens is 347 g/mol. The molecule has 1 saturated heterocycles. The first-order valence-electron chi connectivity index (χ1n) is 7.65. The van der Waals surface area contributed by atoms with E-state index in [2.05, 4.69) is 0 Å². The Bertz CT molecular complexity index is 686. The van der Waals surface area contributed by atoms with E-state index in [1.54, 1.807) is 23.1 Å². The third kappa shape index (κ3) is 4.29. The second-order valence-corrected chi connectivity index (χ2v) is 6.82. The summed E-state index contributed by atoms with van der Waals surface area (Å²) in [5, 5.41) is -0.460. The Morgan fingerprint density at radius 3 is 2.46 bits per heavy atom. The van der Waals surface area contributed by atoms with Gasteiger partial charge in [-0.2, -0.15) is 0 Å². The van der Waals surface area contributed by atoms with E-state index in [9.17, 15) is 9.18 Å². The van der Waals surface area contributed by atoms with Crippen LogP contribution in [0.5, 0.6) is 0 Å². The third-order valence-corrected chi connectivity index (χ3v) is 5.24. The first-order chi connectivity index (χ1) is 11.1. The Kier molecular flexibility index (Phi) is 6.66. The van der Waals surface area contributed by atoms with Crippen LogP contribution in [0.4, 0.5) is 4.39 Å². The number of likely N-dealkylation sites (tertiary alicyclic amines) is 1. The van der Waals surface area contributed by atoms with Gasteiger partial charge in [0.1, 0.15) is 11.1 Å². The molecule has 2 atom stereocenters. The maximum absolute atomic E-state index is 14.0. The maximum atomic E-state index is 14.0. The van der Waals surface area contributed by atoms with Crippen molar-refractivity contribution in [3.8, 4) is 0 Å². The van der Waals surface area contributed by atoms with Crippen LogP contribution in [-0.4, -0.2) is 29.9 Å². The van der Waals surface area contributed by atoms with Gasteiger partial charge in [-0.1, -0.05) is 42.5 Å². The minimum Gasteiger partial charge on any atom is -0.340 e. The van der Waals surface area contributed by atoms with Crippen molar-refractivity contribution in [2.75, 3.05) is 13.1 Å². The summed E-state index contributed by atoms with van der Waals surface area (Å²) in [6.45, 7) is 1.24. The summed E-state index contributed by atoms with van der Waals surface area (Å²) >= 11 is 1.26. The lowest BCUT2D eigenvalue weighted by molar-refractivity contribution is -0.129. The van der Waals surface area contributed by atoms with Crippen molar-refractivity contribution in [2.24, 2.45) is 5.73 Å². The highest BCUT2D eigenvalue weighted by Gasteiger charge is 2.31. The number of benzene rings is 2. The second-order valence-electron chi connectivity index (χ2n) is 5.67. The molecule has 1 amide bonds. The molecule has 1 heterocycles. The number of nitrogens with zero attached hydrogens (tertiary/aromatic N) is 1. The summed E-state index contributed by atoms with van der Waals surface area (Å²) in [4.78, 5) is 15.2. The van der Waals surface area contributed by atoms with Crippen molar-refractivity contribution in [3.63, 3.8) is 0 Å². The van der Waals surface area contributed by atoms with Crippen molar-refractivity contribution in [2.45, 2.75) is 22.6 Å². The smallest absolute Gasteiger partial charge is 0.240 e. The molecule has 3 nitrogen and oxygen atoms in total. The van der Waals surface area contributed by atoms with Crippen LogP contribution in [0.25, 0.3) is 0 Å². The van der Waals surface area contributed by atoms with E-state index in [1.807, 2.05) is 30.3 Å². The number of nitrogens with two attached hydrogens (primary N) is 1. The highest BCUT2D eigenvalue weighted by molar-refractivity contribution is 8.00. The summed E-state index contributed by atoms with van der Waals surface area (Å²) in [6, 6.07) is 16.1. The average molecular weight is 367 g/mol. The molecule has 2 aromatic carbocycles. The van der Waals surface area contributed by atoms with E-state index in [-0.39, 0.29) is 30.2 Å². The van der Waals surface area contributed by atoms with Crippen LogP contribution in [0, 0.1) is 5.82 Å². The number of amides is 1. The summed E-state index contributed by atoms with van der Waals surface area (Å²) in [6.07, 6.45) is 0.817. The van der Waals surface area contributed by atoms with Crippen LogP contribution in [0.2, 0.25) is 0 Å². The Balaban J connectivity index is 0.00000208. The van der Waals surface area contributed by atoms with E-state index in [1.165, 1.54) is 17.8 Å². The largest absolute Gasteiger partial charge is 0.340 e. The van der Waals surface area contributed by atoms with Crippen LogP contribution < -0.4 is 5.73 Å². The number of carbonyl (C=O) groups is 1. The Labute approximate surface area is 151 Å². The van der Waals surface area contributed by atoms with Gasteiger partial charge in [0, 0.05) is 24.0 Å². The molecule has 0 saturated carbocycles. The number of halogens is 2. The molecule has 0 aromatic heterocycles. The molecular formula is C18H20ClFN2OS. The molecule has 1 aliphatic heterocycles. The quantitative estimate of drug-likeness (QED) is 0.840. The van der Waals surface area contributed by atoms with Gasteiger partial charge in [-0.15, -0.1) is 24.2 Å². The predicted molar refractivity (Wildman–Crippen MR) is 97.9 cm³/mol. The van der Waals surface area contributed by atoms with Gasteiger partial charge in [-0.25, -0.2) is 4.39 Å². The van der Waals surface area contributed by atoms with Crippen molar-refractivity contribution in [1.29, 1.82) is 0 Å². The molecule has 0 bridgehead atoms. The number of carbonyl (C=O) groups excluding carboxylic acids is 1. The van der Waals surface area contributed by atoms with Gasteiger partial charge in [0.25, 0.3) is 0 Å². The van der Waals surface area contributed by atoms with Gasteiger partial charge >= 0.3 is 0 Å². The van der Waals surface area contributed by atoms with Crippen molar-refractivity contribution in [1.82, 2.24) is 4.90 Å². The molecule has 2 N–H and O–H groups in total. The van der Waals surface area contributed by atoms with E-state index < -0.39 is 5.25 Å². The normalized spacial score (nSPS) is 18.1.